The maximum Gasteiger partial charge on any atom is 0.230 e. The zero-order valence-electron chi connectivity index (χ0n) is 16.9. The van der Waals surface area contributed by atoms with Gasteiger partial charge in [-0.15, -0.1) is 0 Å². The third-order valence-corrected chi connectivity index (χ3v) is 6.66. The lowest BCUT2D eigenvalue weighted by Crippen LogP contribution is -2.45. The molecule has 1 saturated carbocycles. The van der Waals surface area contributed by atoms with Gasteiger partial charge in [0, 0.05) is 44.2 Å². The Balaban J connectivity index is 1.24. The van der Waals surface area contributed by atoms with E-state index in [0.29, 0.717) is 30.5 Å². The number of carbonyl (C=O) groups excluding carboxylic acids is 2. The van der Waals surface area contributed by atoms with Gasteiger partial charge in [0.1, 0.15) is 0 Å². The first-order chi connectivity index (χ1) is 14.1. The summed E-state index contributed by atoms with van der Waals surface area (Å²) in [6.45, 7) is 4.52. The maximum absolute atomic E-state index is 12.9. The molecule has 2 saturated heterocycles. The van der Waals surface area contributed by atoms with Crippen LogP contribution in [0.15, 0.2) is 24.3 Å². The molecule has 1 aromatic rings. The van der Waals surface area contributed by atoms with Crippen molar-refractivity contribution < 1.29 is 14.4 Å². The number of hydrogen-bond acceptors (Lipinski definition) is 4. The van der Waals surface area contributed by atoms with Crippen molar-refractivity contribution >= 4 is 23.4 Å². The summed E-state index contributed by atoms with van der Waals surface area (Å²) in [4.78, 5) is 32.9. The Morgan fingerprint density at radius 1 is 1.17 bits per heavy atom. The van der Waals surface area contributed by atoms with Gasteiger partial charge in [0.25, 0.3) is 0 Å². The van der Waals surface area contributed by atoms with Crippen LogP contribution in [0.2, 0.25) is 5.02 Å². The van der Waals surface area contributed by atoms with Crippen molar-refractivity contribution in [3.63, 3.8) is 0 Å². The van der Waals surface area contributed by atoms with Crippen molar-refractivity contribution in [3.05, 3.63) is 34.9 Å². The van der Waals surface area contributed by atoms with E-state index < -0.39 is 0 Å². The van der Waals surface area contributed by atoms with Crippen LogP contribution >= 0.6 is 11.6 Å². The molecule has 0 aromatic heterocycles. The van der Waals surface area contributed by atoms with Crippen molar-refractivity contribution in [2.45, 2.75) is 43.9 Å². The number of rotatable bonds is 7. The molecule has 4 rings (SSSR count). The molecule has 3 fully saturated rings. The SMILES string of the molecule is O=C(CCN1CCCO1)N1CCC[C@H](CNC(=O)C2(c3ccc(Cl)cc3)CC2)C1. The fraction of sp³-hybridized carbons (Fsp3) is 0.636. The lowest BCUT2D eigenvalue weighted by molar-refractivity contribution is -0.140. The number of piperidine rings is 1. The smallest absolute Gasteiger partial charge is 0.230 e. The van der Waals surface area contributed by atoms with E-state index in [9.17, 15) is 9.59 Å². The summed E-state index contributed by atoms with van der Waals surface area (Å²) >= 11 is 5.98. The lowest BCUT2D eigenvalue weighted by Gasteiger charge is -2.33. The van der Waals surface area contributed by atoms with Crippen LogP contribution in [0.1, 0.15) is 44.1 Å². The molecule has 0 spiro atoms. The van der Waals surface area contributed by atoms with E-state index in [0.717, 1.165) is 63.9 Å². The van der Waals surface area contributed by atoms with Crippen LogP contribution in [-0.2, 0) is 19.8 Å². The van der Waals surface area contributed by atoms with Crippen LogP contribution in [0.4, 0.5) is 0 Å². The van der Waals surface area contributed by atoms with Gasteiger partial charge < -0.3 is 10.2 Å². The Kier molecular flexibility index (Phi) is 6.42. The molecule has 3 aliphatic rings. The maximum atomic E-state index is 12.9. The third-order valence-electron chi connectivity index (χ3n) is 6.41. The molecular weight excluding hydrogens is 390 g/mol. The van der Waals surface area contributed by atoms with E-state index in [1.54, 1.807) is 0 Å². The minimum absolute atomic E-state index is 0.106. The van der Waals surface area contributed by atoms with Gasteiger partial charge in [0.2, 0.25) is 11.8 Å². The lowest BCUT2D eigenvalue weighted by atomic mass is 9.93. The molecule has 2 heterocycles. The summed E-state index contributed by atoms with van der Waals surface area (Å²) < 4.78 is 0. The number of hydrogen-bond donors (Lipinski definition) is 1. The van der Waals surface area contributed by atoms with Gasteiger partial charge >= 0.3 is 0 Å². The Morgan fingerprint density at radius 2 is 1.97 bits per heavy atom. The predicted octanol–water partition coefficient (Wildman–Crippen LogP) is 2.75. The molecule has 2 aliphatic heterocycles. The molecule has 0 unspecified atom stereocenters. The molecular formula is C22H30ClN3O3. The molecule has 7 heteroatoms. The largest absolute Gasteiger partial charge is 0.355 e. The quantitative estimate of drug-likeness (QED) is 0.738. The summed E-state index contributed by atoms with van der Waals surface area (Å²) in [5.74, 6) is 0.617. The first kappa shape index (κ1) is 20.6. The van der Waals surface area contributed by atoms with Crippen LogP contribution in [0, 0.1) is 5.92 Å². The van der Waals surface area contributed by atoms with Gasteiger partial charge in [-0.05, 0) is 55.7 Å². The predicted molar refractivity (Wildman–Crippen MR) is 111 cm³/mol. The average Bonchev–Trinajstić information content (AvgIpc) is 3.39. The van der Waals surface area contributed by atoms with Crippen molar-refractivity contribution in [1.29, 1.82) is 0 Å². The number of benzene rings is 1. The van der Waals surface area contributed by atoms with Gasteiger partial charge in [-0.3, -0.25) is 14.4 Å². The number of hydroxylamine groups is 2. The summed E-state index contributed by atoms with van der Waals surface area (Å²) in [7, 11) is 0. The van der Waals surface area contributed by atoms with Gasteiger partial charge in [0.05, 0.1) is 12.0 Å². The molecule has 6 nitrogen and oxygen atoms in total. The van der Waals surface area contributed by atoms with E-state index in [1.807, 2.05) is 34.2 Å². The molecule has 1 aliphatic carbocycles. The van der Waals surface area contributed by atoms with E-state index >= 15 is 0 Å². The van der Waals surface area contributed by atoms with Crippen molar-refractivity contribution in [1.82, 2.24) is 15.3 Å². The fourth-order valence-corrected chi connectivity index (χ4v) is 4.59. The van der Waals surface area contributed by atoms with Crippen molar-refractivity contribution in [2.75, 3.05) is 39.3 Å². The van der Waals surface area contributed by atoms with E-state index in [2.05, 4.69) is 5.32 Å². The summed E-state index contributed by atoms with van der Waals surface area (Å²) in [5.41, 5.74) is 0.661. The second kappa shape index (κ2) is 9.02. The number of carbonyl (C=O) groups is 2. The second-order valence-corrected chi connectivity index (χ2v) is 8.95. The first-order valence-corrected chi connectivity index (χ1v) is 11.1. The minimum atomic E-state index is -0.384. The molecule has 1 atom stereocenters. The molecule has 0 bridgehead atoms. The van der Waals surface area contributed by atoms with Crippen LogP contribution in [0.3, 0.4) is 0 Å². The van der Waals surface area contributed by atoms with E-state index in [-0.39, 0.29) is 17.2 Å². The highest BCUT2D eigenvalue weighted by Crippen LogP contribution is 2.48. The van der Waals surface area contributed by atoms with Gasteiger partial charge in [-0.1, -0.05) is 23.7 Å². The second-order valence-electron chi connectivity index (χ2n) is 8.51. The number of halogens is 1. The van der Waals surface area contributed by atoms with Crippen LogP contribution in [0.25, 0.3) is 0 Å². The monoisotopic (exact) mass is 419 g/mol. The highest BCUT2D eigenvalue weighted by Gasteiger charge is 2.51. The Labute approximate surface area is 177 Å². The number of nitrogens with zero attached hydrogens (tertiary/aromatic N) is 2. The van der Waals surface area contributed by atoms with E-state index in [4.69, 9.17) is 16.4 Å². The normalized spacial score (nSPS) is 23.8. The molecule has 1 N–H and O–H groups in total. The van der Waals surface area contributed by atoms with Gasteiger partial charge in [-0.2, -0.15) is 5.06 Å². The zero-order chi connectivity index (χ0) is 20.3. The number of nitrogens with one attached hydrogen (secondary N) is 1. The minimum Gasteiger partial charge on any atom is -0.355 e. The summed E-state index contributed by atoms with van der Waals surface area (Å²) in [6.07, 6.45) is 5.35. The summed E-state index contributed by atoms with van der Waals surface area (Å²) in [6, 6.07) is 7.62. The Hall–Kier alpha value is -1.63. The highest BCUT2D eigenvalue weighted by atomic mass is 35.5. The number of amides is 2. The van der Waals surface area contributed by atoms with Gasteiger partial charge in [-0.25, -0.2) is 0 Å². The topological polar surface area (TPSA) is 61.9 Å². The van der Waals surface area contributed by atoms with Crippen molar-refractivity contribution in [3.8, 4) is 0 Å². The molecule has 158 valence electrons. The fourth-order valence-electron chi connectivity index (χ4n) is 4.46. The molecule has 2 amide bonds. The summed E-state index contributed by atoms with van der Waals surface area (Å²) in [5, 5.41) is 5.75. The molecule has 0 radical (unpaired) electrons. The standard InChI is InChI=1S/C22H30ClN3O3/c23-19-6-4-18(5-7-19)22(9-10-22)21(28)24-15-17-3-1-11-25(16-17)20(27)8-13-26-12-2-14-29-26/h4-7,17H,1-3,8-16H2,(H,24,28)/t17-/m1/s1. The highest BCUT2D eigenvalue weighted by molar-refractivity contribution is 6.30. The van der Waals surface area contributed by atoms with Gasteiger partial charge in [0.15, 0.2) is 0 Å². The Morgan fingerprint density at radius 3 is 2.66 bits per heavy atom. The molecule has 29 heavy (non-hydrogen) atoms. The van der Waals surface area contributed by atoms with Crippen LogP contribution in [-0.4, -0.2) is 61.1 Å². The van der Waals surface area contributed by atoms with E-state index in [1.165, 1.54) is 0 Å². The zero-order valence-corrected chi connectivity index (χ0v) is 17.6. The first-order valence-electron chi connectivity index (χ1n) is 10.8. The Bertz CT molecular complexity index is 729. The molecule has 1 aromatic carbocycles. The van der Waals surface area contributed by atoms with Crippen molar-refractivity contribution in [2.24, 2.45) is 5.92 Å². The van der Waals surface area contributed by atoms with Crippen LogP contribution in [0.5, 0.6) is 0 Å². The average molecular weight is 420 g/mol. The number of likely N-dealkylation sites (tertiary alicyclic amines) is 1. The third kappa shape index (κ3) is 4.93. The van der Waals surface area contributed by atoms with Crippen LogP contribution < -0.4 is 5.32 Å².